The van der Waals surface area contributed by atoms with E-state index in [4.69, 9.17) is 11.6 Å². The Morgan fingerprint density at radius 3 is 2.62 bits per heavy atom. The van der Waals surface area contributed by atoms with E-state index in [1.54, 1.807) is 0 Å². The standard InChI is InChI=1S/C16H18ClF4N3/c1-3-4-5-24(2)9-11-8-22-23-15(11)10-6-12(16(19,20)21)14(17)13(18)7-10/h6-8H,3-5,9H2,1-2H3,(H,22,23). The van der Waals surface area contributed by atoms with Gasteiger partial charge in [-0.3, -0.25) is 5.10 Å². The van der Waals surface area contributed by atoms with E-state index in [0.717, 1.165) is 31.5 Å². The molecule has 0 spiro atoms. The van der Waals surface area contributed by atoms with Gasteiger partial charge in [-0.2, -0.15) is 18.3 Å². The molecule has 8 heteroatoms. The van der Waals surface area contributed by atoms with Gasteiger partial charge in [0.15, 0.2) is 0 Å². The van der Waals surface area contributed by atoms with Crippen LogP contribution in [-0.4, -0.2) is 28.7 Å². The first-order valence-corrected chi connectivity index (χ1v) is 7.89. The maximum atomic E-state index is 13.8. The summed E-state index contributed by atoms with van der Waals surface area (Å²) in [4.78, 5) is 2.04. The van der Waals surface area contributed by atoms with Gasteiger partial charge in [-0.15, -0.1) is 0 Å². The number of aromatic amines is 1. The lowest BCUT2D eigenvalue weighted by molar-refractivity contribution is -0.137. The Bertz CT molecular complexity index is 697. The molecule has 0 unspecified atom stereocenters. The van der Waals surface area contributed by atoms with Crippen LogP contribution in [-0.2, 0) is 12.7 Å². The molecule has 0 atom stereocenters. The van der Waals surface area contributed by atoms with E-state index < -0.39 is 22.6 Å². The van der Waals surface area contributed by atoms with Crippen LogP contribution in [0.4, 0.5) is 17.6 Å². The third kappa shape index (κ3) is 4.27. The van der Waals surface area contributed by atoms with Crippen LogP contribution in [0.1, 0.15) is 30.9 Å². The van der Waals surface area contributed by atoms with Gasteiger partial charge >= 0.3 is 6.18 Å². The summed E-state index contributed by atoms with van der Waals surface area (Å²) >= 11 is 5.46. The Balaban J connectivity index is 2.37. The molecule has 0 aliphatic rings. The fourth-order valence-corrected chi connectivity index (χ4v) is 2.63. The summed E-state index contributed by atoms with van der Waals surface area (Å²) in [5, 5.41) is 5.62. The summed E-state index contributed by atoms with van der Waals surface area (Å²) in [6.07, 6.45) is -1.14. The van der Waals surface area contributed by atoms with Gasteiger partial charge in [0.1, 0.15) is 5.82 Å². The molecule has 2 aromatic rings. The van der Waals surface area contributed by atoms with E-state index in [1.165, 1.54) is 6.20 Å². The van der Waals surface area contributed by atoms with Crippen molar-refractivity contribution >= 4 is 11.6 Å². The average Bonchev–Trinajstić information content (AvgIpc) is 2.94. The van der Waals surface area contributed by atoms with E-state index in [0.29, 0.717) is 17.8 Å². The van der Waals surface area contributed by atoms with E-state index in [-0.39, 0.29) is 5.56 Å². The number of unbranched alkanes of at least 4 members (excludes halogenated alkanes) is 1. The van der Waals surface area contributed by atoms with Crippen LogP contribution < -0.4 is 0 Å². The maximum absolute atomic E-state index is 13.8. The highest BCUT2D eigenvalue weighted by Gasteiger charge is 2.35. The molecule has 1 heterocycles. The summed E-state index contributed by atoms with van der Waals surface area (Å²) in [6, 6.07) is 1.83. The fourth-order valence-electron chi connectivity index (χ4n) is 2.42. The molecule has 1 N–H and O–H groups in total. The third-order valence-electron chi connectivity index (χ3n) is 3.67. The lowest BCUT2D eigenvalue weighted by atomic mass is 10.0. The lowest BCUT2D eigenvalue weighted by Gasteiger charge is -2.17. The molecule has 1 aromatic carbocycles. The highest BCUT2D eigenvalue weighted by molar-refractivity contribution is 6.31. The zero-order chi connectivity index (χ0) is 17.9. The van der Waals surface area contributed by atoms with Crippen LogP contribution in [0.25, 0.3) is 11.3 Å². The van der Waals surface area contributed by atoms with Crippen LogP contribution in [0.5, 0.6) is 0 Å². The van der Waals surface area contributed by atoms with Gasteiger partial charge in [0.05, 0.1) is 22.5 Å². The first kappa shape index (κ1) is 18.7. The molecule has 0 bridgehead atoms. The van der Waals surface area contributed by atoms with Crippen molar-refractivity contribution in [1.29, 1.82) is 0 Å². The summed E-state index contributed by atoms with van der Waals surface area (Å²) < 4.78 is 52.9. The van der Waals surface area contributed by atoms with E-state index in [1.807, 2.05) is 11.9 Å². The van der Waals surface area contributed by atoms with Crippen molar-refractivity contribution in [3.63, 3.8) is 0 Å². The third-order valence-corrected chi connectivity index (χ3v) is 4.06. The van der Waals surface area contributed by atoms with E-state index >= 15 is 0 Å². The average molecular weight is 364 g/mol. The summed E-state index contributed by atoms with van der Waals surface area (Å²) in [5.41, 5.74) is -0.0671. The van der Waals surface area contributed by atoms with Crippen LogP contribution in [0, 0.1) is 5.82 Å². The number of hydrogen-bond donors (Lipinski definition) is 1. The minimum absolute atomic E-state index is 0.0700. The molecule has 2 rings (SSSR count). The number of nitrogens with one attached hydrogen (secondary N) is 1. The topological polar surface area (TPSA) is 31.9 Å². The van der Waals surface area contributed by atoms with Gasteiger partial charge in [-0.05, 0) is 32.1 Å². The molecule has 0 aliphatic heterocycles. The van der Waals surface area contributed by atoms with E-state index in [2.05, 4.69) is 17.1 Å². The number of benzene rings is 1. The Hall–Kier alpha value is -1.60. The molecule has 24 heavy (non-hydrogen) atoms. The molecule has 0 saturated heterocycles. The normalized spacial score (nSPS) is 12.2. The lowest BCUT2D eigenvalue weighted by Crippen LogP contribution is -2.19. The number of halogens is 5. The molecular formula is C16H18ClF4N3. The zero-order valence-corrected chi connectivity index (χ0v) is 14.1. The van der Waals surface area contributed by atoms with Gasteiger partial charge in [0.25, 0.3) is 0 Å². The van der Waals surface area contributed by atoms with Crippen molar-refractivity contribution < 1.29 is 17.6 Å². The number of alkyl halides is 3. The number of H-pyrrole nitrogens is 1. The molecule has 0 saturated carbocycles. The van der Waals surface area contributed by atoms with Gasteiger partial charge < -0.3 is 4.90 Å². The smallest absolute Gasteiger partial charge is 0.302 e. The quantitative estimate of drug-likeness (QED) is 0.722. The van der Waals surface area contributed by atoms with Gasteiger partial charge in [-0.1, -0.05) is 24.9 Å². The first-order valence-electron chi connectivity index (χ1n) is 7.51. The zero-order valence-electron chi connectivity index (χ0n) is 13.3. The minimum atomic E-state index is -4.73. The molecular weight excluding hydrogens is 346 g/mol. The second-order valence-electron chi connectivity index (χ2n) is 5.68. The highest BCUT2D eigenvalue weighted by atomic mass is 35.5. The largest absolute Gasteiger partial charge is 0.417 e. The fraction of sp³-hybridized carbons (Fsp3) is 0.438. The Labute approximate surface area is 142 Å². The van der Waals surface area contributed by atoms with Crippen molar-refractivity contribution in [3.8, 4) is 11.3 Å². The maximum Gasteiger partial charge on any atom is 0.417 e. The molecule has 0 aliphatic carbocycles. The highest BCUT2D eigenvalue weighted by Crippen LogP contribution is 2.39. The predicted molar refractivity (Wildman–Crippen MR) is 85.2 cm³/mol. The van der Waals surface area contributed by atoms with Gasteiger partial charge in [0, 0.05) is 17.7 Å². The Morgan fingerprint density at radius 1 is 1.29 bits per heavy atom. The first-order chi connectivity index (χ1) is 11.2. The van der Waals surface area contributed by atoms with Crippen molar-refractivity contribution in [3.05, 3.63) is 40.3 Å². The monoisotopic (exact) mass is 363 g/mol. The second kappa shape index (κ2) is 7.53. The Kier molecular flexibility index (Phi) is 5.87. The number of rotatable bonds is 6. The molecule has 132 valence electrons. The van der Waals surface area contributed by atoms with Crippen LogP contribution in [0.2, 0.25) is 5.02 Å². The Morgan fingerprint density at radius 2 is 2.00 bits per heavy atom. The van der Waals surface area contributed by atoms with Crippen molar-refractivity contribution in [2.75, 3.05) is 13.6 Å². The molecule has 3 nitrogen and oxygen atoms in total. The molecule has 0 radical (unpaired) electrons. The second-order valence-corrected chi connectivity index (χ2v) is 6.06. The molecule has 1 aromatic heterocycles. The van der Waals surface area contributed by atoms with Crippen LogP contribution >= 0.6 is 11.6 Å². The SMILES string of the molecule is CCCCN(C)Cc1cn[nH]c1-c1cc(F)c(Cl)c(C(F)(F)F)c1. The summed E-state index contributed by atoms with van der Waals surface area (Å²) in [5.74, 6) is -1.11. The summed E-state index contributed by atoms with van der Waals surface area (Å²) in [7, 11) is 1.91. The minimum Gasteiger partial charge on any atom is -0.302 e. The van der Waals surface area contributed by atoms with Crippen molar-refractivity contribution in [2.45, 2.75) is 32.5 Å². The van der Waals surface area contributed by atoms with E-state index in [9.17, 15) is 17.6 Å². The van der Waals surface area contributed by atoms with Crippen molar-refractivity contribution in [1.82, 2.24) is 15.1 Å². The van der Waals surface area contributed by atoms with Crippen LogP contribution in [0.3, 0.4) is 0 Å². The molecule has 0 fully saturated rings. The number of aromatic nitrogens is 2. The van der Waals surface area contributed by atoms with Gasteiger partial charge in [-0.25, -0.2) is 4.39 Å². The predicted octanol–water partition coefficient (Wildman–Crippen LogP) is 5.12. The van der Waals surface area contributed by atoms with Crippen LogP contribution in [0.15, 0.2) is 18.3 Å². The van der Waals surface area contributed by atoms with Gasteiger partial charge in [0.2, 0.25) is 0 Å². The molecule has 0 amide bonds. The number of nitrogens with zero attached hydrogens (tertiary/aromatic N) is 2. The summed E-state index contributed by atoms with van der Waals surface area (Å²) in [6.45, 7) is 3.42. The van der Waals surface area contributed by atoms with Crippen molar-refractivity contribution in [2.24, 2.45) is 0 Å². The number of hydrogen-bond acceptors (Lipinski definition) is 2.